The van der Waals surface area contributed by atoms with Crippen LogP contribution in [-0.2, 0) is 6.42 Å². The number of hydrogen-bond donors (Lipinski definition) is 1. The largest absolute Gasteiger partial charge is 0.432 e. The zero-order chi connectivity index (χ0) is 14.5. The van der Waals surface area contributed by atoms with Gasteiger partial charge in [0.2, 0.25) is 0 Å². The summed E-state index contributed by atoms with van der Waals surface area (Å²) in [6.45, 7) is 2.03. The molecule has 1 heterocycles. The van der Waals surface area contributed by atoms with Crippen LogP contribution in [0.4, 0.5) is 14.5 Å². The Balaban J connectivity index is 2.55. The lowest BCUT2D eigenvalue weighted by molar-refractivity contribution is -0.0489. The highest BCUT2D eigenvalue weighted by molar-refractivity contribution is 5.95. The molecule has 20 heavy (non-hydrogen) atoms. The van der Waals surface area contributed by atoms with Crippen LogP contribution in [0.5, 0.6) is 5.75 Å². The highest BCUT2D eigenvalue weighted by atomic mass is 19.3. The number of nitrogens with one attached hydrogen (secondary N) is 1. The first-order valence-corrected chi connectivity index (χ1v) is 6.77. The molecule has 0 aliphatic rings. The van der Waals surface area contributed by atoms with Crippen LogP contribution in [0.3, 0.4) is 0 Å². The average molecular weight is 280 g/mol. The number of aryl methyl sites for hydroxylation is 1. The molecule has 3 nitrogen and oxygen atoms in total. The van der Waals surface area contributed by atoms with E-state index in [1.54, 1.807) is 6.07 Å². The minimum Gasteiger partial charge on any atom is -0.432 e. The van der Waals surface area contributed by atoms with Crippen molar-refractivity contribution in [1.29, 1.82) is 0 Å². The third-order valence-corrected chi connectivity index (χ3v) is 3.00. The molecule has 0 fully saturated rings. The predicted molar refractivity (Wildman–Crippen MR) is 76.5 cm³/mol. The number of pyridine rings is 1. The summed E-state index contributed by atoms with van der Waals surface area (Å²) >= 11 is 0. The molecule has 0 radical (unpaired) electrons. The van der Waals surface area contributed by atoms with E-state index in [9.17, 15) is 8.78 Å². The molecule has 0 atom stereocenters. The number of fused-ring (bicyclic) bond motifs is 1. The summed E-state index contributed by atoms with van der Waals surface area (Å²) in [5.74, 6) is 0.118. The highest BCUT2D eigenvalue weighted by Crippen LogP contribution is 2.31. The fraction of sp³-hybridized carbons (Fsp3) is 0.400. The Bertz CT molecular complexity index is 587. The van der Waals surface area contributed by atoms with Gasteiger partial charge in [-0.05, 0) is 25.0 Å². The normalized spacial score (nSPS) is 11.1. The number of nitrogens with zero attached hydrogens (tertiary/aromatic N) is 1. The third kappa shape index (κ3) is 3.15. The quantitative estimate of drug-likeness (QED) is 0.860. The van der Waals surface area contributed by atoms with E-state index in [1.165, 1.54) is 6.07 Å². The summed E-state index contributed by atoms with van der Waals surface area (Å²) in [6.07, 6.45) is 1.72. The summed E-state index contributed by atoms with van der Waals surface area (Å²) in [5.41, 5.74) is 2.24. The molecule has 1 aromatic heterocycles. The van der Waals surface area contributed by atoms with E-state index in [-0.39, 0.29) is 5.75 Å². The number of halogens is 2. The Morgan fingerprint density at radius 2 is 2.10 bits per heavy atom. The minimum absolute atomic E-state index is 0.118. The highest BCUT2D eigenvalue weighted by Gasteiger charge is 2.12. The van der Waals surface area contributed by atoms with E-state index in [0.29, 0.717) is 5.52 Å². The molecule has 0 unspecified atom stereocenters. The van der Waals surface area contributed by atoms with Crippen molar-refractivity contribution in [1.82, 2.24) is 4.98 Å². The number of aromatic nitrogens is 1. The number of para-hydroxylation sites is 1. The number of ether oxygens (including phenoxy) is 1. The summed E-state index contributed by atoms with van der Waals surface area (Å²) in [5, 5.41) is 4.11. The Labute approximate surface area is 117 Å². The first-order valence-electron chi connectivity index (χ1n) is 6.77. The zero-order valence-corrected chi connectivity index (χ0v) is 11.6. The first kappa shape index (κ1) is 14.5. The maximum Gasteiger partial charge on any atom is 0.387 e. The van der Waals surface area contributed by atoms with E-state index < -0.39 is 6.61 Å². The van der Waals surface area contributed by atoms with Crippen molar-refractivity contribution in [3.63, 3.8) is 0 Å². The Hall–Kier alpha value is -1.91. The monoisotopic (exact) mass is 280 g/mol. The molecule has 0 aliphatic carbocycles. The second-order valence-electron chi connectivity index (χ2n) is 4.47. The Kier molecular flexibility index (Phi) is 4.71. The van der Waals surface area contributed by atoms with Crippen LogP contribution in [0, 0.1) is 0 Å². The van der Waals surface area contributed by atoms with Gasteiger partial charge in [0.1, 0.15) is 5.52 Å². The second-order valence-corrected chi connectivity index (χ2v) is 4.47. The van der Waals surface area contributed by atoms with E-state index in [2.05, 4.69) is 22.0 Å². The average Bonchev–Trinajstić information content (AvgIpc) is 2.44. The molecule has 0 aliphatic heterocycles. The van der Waals surface area contributed by atoms with Gasteiger partial charge in [0, 0.05) is 23.3 Å². The zero-order valence-electron chi connectivity index (χ0n) is 11.6. The number of benzene rings is 1. The number of anilines is 1. The van der Waals surface area contributed by atoms with Gasteiger partial charge >= 0.3 is 6.61 Å². The maximum absolute atomic E-state index is 12.5. The fourth-order valence-corrected chi connectivity index (χ4v) is 2.05. The van der Waals surface area contributed by atoms with Crippen molar-refractivity contribution in [3.05, 3.63) is 30.0 Å². The smallest absolute Gasteiger partial charge is 0.387 e. The minimum atomic E-state index is -2.85. The number of alkyl halides is 2. The molecule has 5 heteroatoms. The van der Waals surface area contributed by atoms with Crippen LogP contribution in [0.2, 0.25) is 0 Å². The van der Waals surface area contributed by atoms with Crippen LogP contribution in [-0.4, -0.2) is 18.1 Å². The molecule has 0 saturated carbocycles. The van der Waals surface area contributed by atoms with Crippen LogP contribution in [0.25, 0.3) is 10.9 Å². The van der Waals surface area contributed by atoms with E-state index in [4.69, 9.17) is 0 Å². The molecule has 2 rings (SSSR count). The molecular formula is C15H18F2N2O. The van der Waals surface area contributed by atoms with E-state index >= 15 is 0 Å². The third-order valence-electron chi connectivity index (χ3n) is 3.00. The molecule has 0 amide bonds. The van der Waals surface area contributed by atoms with Crippen molar-refractivity contribution < 1.29 is 13.5 Å². The first-order chi connectivity index (χ1) is 9.65. The van der Waals surface area contributed by atoms with Gasteiger partial charge in [-0.15, -0.1) is 0 Å². The lowest BCUT2D eigenvalue weighted by atomic mass is 10.1. The second kappa shape index (κ2) is 6.50. The summed E-state index contributed by atoms with van der Waals surface area (Å²) in [7, 11) is 0. The van der Waals surface area contributed by atoms with Gasteiger partial charge < -0.3 is 10.1 Å². The van der Waals surface area contributed by atoms with Crippen LogP contribution in [0.15, 0.2) is 24.3 Å². The lowest BCUT2D eigenvalue weighted by Gasteiger charge is -2.13. The topological polar surface area (TPSA) is 34.2 Å². The summed E-state index contributed by atoms with van der Waals surface area (Å²) in [6, 6.07) is 7.04. The molecule has 1 aromatic carbocycles. The van der Waals surface area contributed by atoms with E-state index in [1.807, 2.05) is 19.1 Å². The molecular weight excluding hydrogens is 262 g/mol. The van der Waals surface area contributed by atoms with Crippen molar-refractivity contribution in [3.8, 4) is 5.75 Å². The molecule has 0 saturated heterocycles. The van der Waals surface area contributed by atoms with Crippen LogP contribution in [0.1, 0.15) is 26.0 Å². The van der Waals surface area contributed by atoms with Gasteiger partial charge in [0.05, 0.1) is 0 Å². The van der Waals surface area contributed by atoms with Gasteiger partial charge in [-0.1, -0.05) is 26.0 Å². The number of rotatable bonds is 6. The van der Waals surface area contributed by atoms with Crippen molar-refractivity contribution >= 4 is 16.6 Å². The Morgan fingerprint density at radius 1 is 1.30 bits per heavy atom. The van der Waals surface area contributed by atoms with Crippen molar-refractivity contribution in [2.24, 2.45) is 0 Å². The van der Waals surface area contributed by atoms with Gasteiger partial charge in [-0.3, -0.25) is 0 Å². The lowest BCUT2D eigenvalue weighted by Crippen LogP contribution is -2.05. The summed E-state index contributed by atoms with van der Waals surface area (Å²) < 4.78 is 29.5. The molecule has 0 bridgehead atoms. The molecule has 0 spiro atoms. The summed E-state index contributed by atoms with van der Waals surface area (Å²) in [4.78, 5) is 4.42. The van der Waals surface area contributed by atoms with Crippen LogP contribution < -0.4 is 10.1 Å². The van der Waals surface area contributed by atoms with Gasteiger partial charge in [0.25, 0.3) is 0 Å². The van der Waals surface area contributed by atoms with Crippen molar-refractivity contribution in [2.45, 2.75) is 33.3 Å². The molecule has 1 N–H and O–H groups in total. The van der Waals surface area contributed by atoms with Crippen molar-refractivity contribution in [2.75, 3.05) is 11.9 Å². The van der Waals surface area contributed by atoms with Gasteiger partial charge in [-0.25, -0.2) is 4.98 Å². The molecule has 2 aromatic rings. The standard InChI is InChI=1S/C15H18F2N2O/c1-3-8-18-12-9-10(4-2)19-14-11(12)6-5-7-13(14)20-15(16)17/h5-7,9,15H,3-4,8H2,1-2H3,(H,18,19). The van der Waals surface area contributed by atoms with Crippen LogP contribution >= 0.6 is 0 Å². The maximum atomic E-state index is 12.5. The van der Waals surface area contributed by atoms with Gasteiger partial charge in [0.15, 0.2) is 5.75 Å². The molecule has 108 valence electrons. The predicted octanol–water partition coefficient (Wildman–Crippen LogP) is 4.22. The van der Waals surface area contributed by atoms with Gasteiger partial charge in [-0.2, -0.15) is 8.78 Å². The Morgan fingerprint density at radius 3 is 2.75 bits per heavy atom. The fourth-order valence-electron chi connectivity index (χ4n) is 2.05. The SMILES string of the molecule is CCCNc1cc(CC)nc2c(OC(F)F)cccc12. The number of hydrogen-bond acceptors (Lipinski definition) is 3. The van der Waals surface area contributed by atoms with E-state index in [0.717, 1.165) is 36.2 Å².